The van der Waals surface area contributed by atoms with E-state index >= 15 is 0 Å². The Labute approximate surface area is 139 Å². The topological polar surface area (TPSA) is 42.0 Å². The molecule has 1 amide bonds. The van der Waals surface area contributed by atoms with Crippen molar-refractivity contribution in [1.29, 1.82) is 0 Å². The molecular formula is C19H16N2OS. The van der Waals surface area contributed by atoms with Crippen molar-refractivity contribution in [2.24, 2.45) is 0 Å². The maximum absolute atomic E-state index is 12.4. The summed E-state index contributed by atoms with van der Waals surface area (Å²) in [6, 6.07) is 13.8. The number of anilines is 1. The van der Waals surface area contributed by atoms with E-state index in [9.17, 15) is 4.79 Å². The van der Waals surface area contributed by atoms with Crippen LogP contribution in [-0.2, 0) is 12.8 Å². The highest BCUT2D eigenvalue weighted by molar-refractivity contribution is 7.13. The molecule has 3 nitrogen and oxygen atoms in total. The number of fused-ring (bicyclic) bond motifs is 1. The summed E-state index contributed by atoms with van der Waals surface area (Å²) >= 11 is 1.61. The molecule has 0 unspecified atom stereocenters. The smallest absolute Gasteiger partial charge is 0.255 e. The average Bonchev–Trinajstić information content (AvgIpc) is 3.26. The monoisotopic (exact) mass is 320 g/mol. The molecule has 1 heterocycles. The van der Waals surface area contributed by atoms with Crippen molar-refractivity contribution < 1.29 is 4.79 Å². The van der Waals surface area contributed by atoms with Gasteiger partial charge >= 0.3 is 0 Å². The van der Waals surface area contributed by atoms with Crippen LogP contribution >= 0.6 is 11.3 Å². The Morgan fingerprint density at radius 2 is 1.87 bits per heavy atom. The minimum absolute atomic E-state index is 0.0540. The summed E-state index contributed by atoms with van der Waals surface area (Å²) in [4.78, 5) is 16.7. The van der Waals surface area contributed by atoms with Crippen molar-refractivity contribution in [3.8, 4) is 10.6 Å². The molecule has 1 N–H and O–H groups in total. The summed E-state index contributed by atoms with van der Waals surface area (Å²) < 4.78 is 0. The molecule has 114 valence electrons. The SMILES string of the molecule is O=C(Nc1ccc(-c2nccs2)cc1)c1ccc2c(c1)CCC2. The fraction of sp³-hybridized carbons (Fsp3) is 0.158. The van der Waals surface area contributed by atoms with Gasteiger partial charge in [-0.15, -0.1) is 11.3 Å². The van der Waals surface area contributed by atoms with E-state index in [1.54, 1.807) is 17.5 Å². The van der Waals surface area contributed by atoms with E-state index < -0.39 is 0 Å². The molecule has 0 aliphatic heterocycles. The van der Waals surface area contributed by atoms with Crippen LogP contribution in [0.5, 0.6) is 0 Å². The molecule has 1 aromatic heterocycles. The van der Waals surface area contributed by atoms with Gasteiger partial charge < -0.3 is 5.32 Å². The molecule has 4 rings (SSSR count). The molecule has 3 aromatic rings. The fourth-order valence-electron chi connectivity index (χ4n) is 2.98. The average molecular weight is 320 g/mol. The molecule has 0 bridgehead atoms. The zero-order chi connectivity index (χ0) is 15.6. The highest BCUT2D eigenvalue weighted by Gasteiger charge is 2.14. The van der Waals surface area contributed by atoms with Crippen LogP contribution in [0.25, 0.3) is 10.6 Å². The van der Waals surface area contributed by atoms with Gasteiger partial charge in [-0.2, -0.15) is 0 Å². The number of aryl methyl sites for hydroxylation is 2. The Hall–Kier alpha value is -2.46. The van der Waals surface area contributed by atoms with Crippen LogP contribution in [0.15, 0.2) is 54.0 Å². The lowest BCUT2D eigenvalue weighted by atomic mass is 10.1. The van der Waals surface area contributed by atoms with Crippen LogP contribution in [-0.4, -0.2) is 10.9 Å². The van der Waals surface area contributed by atoms with Crippen molar-refractivity contribution in [2.75, 3.05) is 5.32 Å². The number of hydrogen-bond donors (Lipinski definition) is 1. The first-order valence-corrected chi connectivity index (χ1v) is 8.61. The Morgan fingerprint density at radius 3 is 2.65 bits per heavy atom. The molecule has 0 atom stereocenters. The predicted octanol–water partition coefficient (Wildman–Crippen LogP) is 4.55. The number of carbonyl (C=O) groups is 1. The fourth-order valence-corrected chi connectivity index (χ4v) is 3.62. The van der Waals surface area contributed by atoms with Crippen LogP contribution < -0.4 is 5.32 Å². The number of hydrogen-bond acceptors (Lipinski definition) is 3. The summed E-state index contributed by atoms with van der Waals surface area (Å²) in [6.07, 6.45) is 5.20. The van der Waals surface area contributed by atoms with Crippen molar-refractivity contribution in [3.63, 3.8) is 0 Å². The van der Waals surface area contributed by atoms with E-state index in [-0.39, 0.29) is 5.91 Å². The predicted molar refractivity (Wildman–Crippen MR) is 94.0 cm³/mol. The molecule has 0 saturated heterocycles. The second kappa shape index (κ2) is 5.97. The Kier molecular flexibility index (Phi) is 3.67. The van der Waals surface area contributed by atoms with Gasteiger partial charge in [-0.25, -0.2) is 4.98 Å². The zero-order valence-electron chi connectivity index (χ0n) is 12.6. The summed E-state index contributed by atoms with van der Waals surface area (Å²) in [5, 5.41) is 5.91. The van der Waals surface area contributed by atoms with Gasteiger partial charge in [-0.1, -0.05) is 6.07 Å². The van der Waals surface area contributed by atoms with E-state index in [1.807, 2.05) is 41.8 Å². The first-order valence-electron chi connectivity index (χ1n) is 7.73. The van der Waals surface area contributed by atoms with Gasteiger partial charge in [0.2, 0.25) is 0 Å². The zero-order valence-corrected chi connectivity index (χ0v) is 13.4. The Bertz CT molecular complexity index is 838. The first-order chi connectivity index (χ1) is 11.3. The summed E-state index contributed by atoms with van der Waals surface area (Å²) in [5.41, 5.74) is 5.30. The molecule has 0 radical (unpaired) electrons. The van der Waals surface area contributed by atoms with Gasteiger partial charge in [0, 0.05) is 28.4 Å². The highest BCUT2D eigenvalue weighted by Crippen LogP contribution is 2.25. The van der Waals surface area contributed by atoms with Crippen molar-refractivity contribution in [3.05, 3.63) is 70.7 Å². The number of thiazole rings is 1. The van der Waals surface area contributed by atoms with Gasteiger partial charge in [0.1, 0.15) is 5.01 Å². The lowest BCUT2D eigenvalue weighted by Gasteiger charge is -2.07. The largest absolute Gasteiger partial charge is 0.322 e. The van der Waals surface area contributed by atoms with Crippen molar-refractivity contribution >= 4 is 22.9 Å². The molecule has 1 aliphatic carbocycles. The number of benzene rings is 2. The van der Waals surface area contributed by atoms with Crippen LogP contribution in [0.2, 0.25) is 0 Å². The van der Waals surface area contributed by atoms with Crippen LogP contribution in [0.1, 0.15) is 27.9 Å². The summed E-state index contributed by atoms with van der Waals surface area (Å²) in [5.74, 6) is -0.0540. The van der Waals surface area contributed by atoms with E-state index in [0.717, 1.165) is 34.7 Å². The van der Waals surface area contributed by atoms with Gasteiger partial charge in [0.15, 0.2) is 0 Å². The molecular weight excluding hydrogens is 304 g/mol. The highest BCUT2D eigenvalue weighted by atomic mass is 32.1. The summed E-state index contributed by atoms with van der Waals surface area (Å²) in [7, 11) is 0. The first kappa shape index (κ1) is 14.2. The molecule has 4 heteroatoms. The van der Waals surface area contributed by atoms with Crippen molar-refractivity contribution in [1.82, 2.24) is 4.98 Å². The maximum Gasteiger partial charge on any atom is 0.255 e. The third-order valence-corrected chi connectivity index (χ3v) is 5.00. The normalized spacial score (nSPS) is 12.9. The van der Waals surface area contributed by atoms with Gasteiger partial charge in [0.05, 0.1) is 0 Å². The molecule has 1 aliphatic rings. The number of nitrogens with one attached hydrogen (secondary N) is 1. The Morgan fingerprint density at radius 1 is 1.04 bits per heavy atom. The molecule has 0 saturated carbocycles. The van der Waals surface area contributed by atoms with E-state index in [0.29, 0.717) is 0 Å². The number of carbonyl (C=O) groups excluding carboxylic acids is 1. The second-order valence-corrected chi connectivity index (χ2v) is 6.60. The number of nitrogens with zero attached hydrogens (tertiary/aromatic N) is 1. The maximum atomic E-state index is 12.4. The lowest BCUT2D eigenvalue weighted by molar-refractivity contribution is 0.102. The second-order valence-electron chi connectivity index (χ2n) is 5.71. The van der Waals surface area contributed by atoms with E-state index in [1.165, 1.54) is 17.5 Å². The quantitative estimate of drug-likeness (QED) is 0.769. The molecule has 0 fully saturated rings. The van der Waals surface area contributed by atoms with E-state index in [2.05, 4.69) is 16.4 Å². The third-order valence-electron chi connectivity index (χ3n) is 4.18. The molecule has 23 heavy (non-hydrogen) atoms. The van der Waals surface area contributed by atoms with Crippen LogP contribution in [0, 0.1) is 0 Å². The summed E-state index contributed by atoms with van der Waals surface area (Å²) in [6.45, 7) is 0. The number of rotatable bonds is 3. The van der Waals surface area contributed by atoms with Crippen LogP contribution in [0.4, 0.5) is 5.69 Å². The number of aromatic nitrogens is 1. The Balaban J connectivity index is 1.50. The third kappa shape index (κ3) is 2.90. The molecule has 0 spiro atoms. The number of amides is 1. The van der Waals surface area contributed by atoms with Gasteiger partial charge in [-0.3, -0.25) is 4.79 Å². The minimum atomic E-state index is -0.0540. The standard InChI is InChI=1S/C19H16N2OS/c22-18(16-5-4-13-2-1-3-15(13)12-16)21-17-8-6-14(7-9-17)19-20-10-11-23-19/h4-12H,1-3H2,(H,21,22). The van der Waals surface area contributed by atoms with Gasteiger partial charge in [-0.05, 0) is 66.8 Å². The molecule has 2 aromatic carbocycles. The van der Waals surface area contributed by atoms with Gasteiger partial charge in [0.25, 0.3) is 5.91 Å². The van der Waals surface area contributed by atoms with E-state index in [4.69, 9.17) is 0 Å². The minimum Gasteiger partial charge on any atom is -0.322 e. The van der Waals surface area contributed by atoms with Crippen LogP contribution in [0.3, 0.4) is 0 Å². The lowest BCUT2D eigenvalue weighted by Crippen LogP contribution is -2.12. The van der Waals surface area contributed by atoms with Crippen molar-refractivity contribution in [2.45, 2.75) is 19.3 Å².